The Bertz CT molecular complexity index is 646. The number of rotatable bonds is 3. The molecule has 1 aliphatic carbocycles. The van der Waals surface area contributed by atoms with Gasteiger partial charge in [-0.3, -0.25) is 4.79 Å². The first-order valence-electron chi connectivity index (χ1n) is 6.85. The number of hydrogen-bond donors (Lipinski definition) is 0. The van der Waals surface area contributed by atoms with Crippen molar-refractivity contribution in [1.82, 2.24) is 4.90 Å². The number of halogens is 1. The molecule has 0 radical (unpaired) electrons. The average Bonchev–Trinajstić information content (AvgIpc) is 3.30. The molecule has 2 fully saturated rings. The molecule has 1 amide bonds. The van der Waals surface area contributed by atoms with E-state index in [2.05, 4.69) is 0 Å². The van der Waals surface area contributed by atoms with Gasteiger partial charge in [0.05, 0.1) is 18.1 Å². The number of ether oxygens (including phenoxy) is 1. The lowest BCUT2D eigenvalue weighted by molar-refractivity contribution is -0.135. The second-order valence-electron chi connectivity index (χ2n) is 5.36. The molecule has 1 aromatic rings. The molecule has 1 aliphatic heterocycles. The lowest BCUT2D eigenvalue weighted by atomic mass is 10.3. The van der Waals surface area contributed by atoms with Crippen LogP contribution in [0.2, 0.25) is 5.02 Å². The number of carbonyl (C=O) groups excluding carboxylic acids is 1. The van der Waals surface area contributed by atoms with Crippen LogP contribution in [0.3, 0.4) is 0 Å². The third kappa shape index (κ3) is 2.45. The van der Waals surface area contributed by atoms with Crippen molar-refractivity contribution < 1.29 is 17.9 Å². The monoisotopic (exact) mass is 329 g/mol. The van der Waals surface area contributed by atoms with Crippen LogP contribution in [0.4, 0.5) is 0 Å². The van der Waals surface area contributed by atoms with E-state index in [4.69, 9.17) is 16.3 Å². The van der Waals surface area contributed by atoms with Gasteiger partial charge in [-0.25, -0.2) is 8.42 Å². The highest BCUT2D eigenvalue weighted by Gasteiger charge is 2.62. The Morgan fingerprint density at radius 2 is 1.71 bits per heavy atom. The summed E-state index contributed by atoms with van der Waals surface area (Å²) in [7, 11) is -3.68. The van der Waals surface area contributed by atoms with Gasteiger partial charge < -0.3 is 9.64 Å². The molecule has 7 heteroatoms. The van der Waals surface area contributed by atoms with Gasteiger partial charge in [-0.1, -0.05) is 11.6 Å². The summed E-state index contributed by atoms with van der Waals surface area (Å²) in [6, 6.07) is 5.99. The van der Waals surface area contributed by atoms with Crippen molar-refractivity contribution in [1.29, 1.82) is 0 Å². The van der Waals surface area contributed by atoms with Gasteiger partial charge in [0.25, 0.3) is 0 Å². The number of carbonyl (C=O) groups is 1. The number of nitrogens with zero attached hydrogens (tertiary/aromatic N) is 1. The van der Waals surface area contributed by atoms with E-state index in [0.29, 0.717) is 44.2 Å². The van der Waals surface area contributed by atoms with E-state index in [1.165, 1.54) is 24.3 Å². The third-order valence-corrected chi connectivity index (χ3v) is 6.79. The quantitative estimate of drug-likeness (QED) is 0.843. The van der Waals surface area contributed by atoms with Gasteiger partial charge in [0.15, 0.2) is 14.6 Å². The van der Waals surface area contributed by atoms with Crippen molar-refractivity contribution in [3.8, 4) is 0 Å². The molecule has 1 heterocycles. The van der Waals surface area contributed by atoms with Crippen molar-refractivity contribution in [3.63, 3.8) is 0 Å². The van der Waals surface area contributed by atoms with Crippen molar-refractivity contribution >= 4 is 27.3 Å². The fourth-order valence-electron chi connectivity index (χ4n) is 2.61. The molecule has 0 bridgehead atoms. The van der Waals surface area contributed by atoms with Crippen LogP contribution in [0.25, 0.3) is 0 Å². The molecular weight excluding hydrogens is 314 g/mol. The number of amides is 1. The van der Waals surface area contributed by atoms with Crippen molar-refractivity contribution in [2.75, 3.05) is 26.3 Å². The van der Waals surface area contributed by atoms with E-state index in [-0.39, 0.29) is 10.8 Å². The highest BCUT2D eigenvalue weighted by atomic mass is 35.5. The summed E-state index contributed by atoms with van der Waals surface area (Å²) in [6.07, 6.45) is 0.766. The Labute approximate surface area is 128 Å². The molecule has 1 saturated heterocycles. The van der Waals surface area contributed by atoms with E-state index < -0.39 is 14.6 Å². The van der Waals surface area contributed by atoms with Crippen LogP contribution in [0.1, 0.15) is 12.8 Å². The highest BCUT2D eigenvalue weighted by Crippen LogP contribution is 2.48. The van der Waals surface area contributed by atoms with Crippen LogP contribution in [0.15, 0.2) is 29.2 Å². The number of morpholine rings is 1. The predicted octanol–water partition coefficient (Wildman–Crippen LogP) is 1.51. The molecule has 1 saturated carbocycles. The second kappa shape index (κ2) is 5.26. The summed E-state index contributed by atoms with van der Waals surface area (Å²) in [5, 5.41) is 0.471. The largest absolute Gasteiger partial charge is 0.378 e. The Balaban J connectivity index is 1.90. The Morgan fingerprint density at radius 3 is 2.24 bits per heavy atom. The first kappa shape index (κ1) is 14.8. The summed E-state index contributed by atoms with van der Waals surface area (Å²) < 4.78 is 29.5. The molecule has 114 valence electrons. The summed E-state index contributed by atoms with van der Waals surface area (Å²) in [6.45, 7) is 1.83. The minimum Gasteiger partial charge on any atom is -0.378 e. The summed E-state index contributed by atoms with van der Waals surface area (Å²) >= 11 is 5.79. The van der Waals surface area contributed by atoms with E-state index >= 15 is 0 Å². The number of hydrogen-bond acceptors (Lipinski definition) is 4. The molecular formula is C14H16ClNO4S. The van der Waals surface area contributed by atoms with Crippen LogP contribution in [-0.4, -0.2) is 50.3 Å². The van der Waals surface area contributed by atoms with Gasteiger partial charge >= 0.3 is 0 Å². The van der Waals surface area contributed by atoms with Gasteiger partial charge in [0, 0.05) is 18.1 Å². The van der Waals surface area contributed by atoms with Crippen molar-refractivity contribution in [2.45, 2.75) is 22.5 Å². The highest BCUT2D eigenvalue weighted by molar-refractivity contribution is 7.94. The summed E-state index contributed by atoms with van der Waals surface area (Å²) in [5.74, 6) is -0.291. The molecule has 3 rings (SSSR count). The minimum absolute atomic E-state index is 0.158. The van der Waals surface area contributed by atoms with Crippen LogP contribution in [0, 0.1) is 0 Å². The fraction of sp³-hybridized carbons (Fsp3) is 0.500. The average molecular weight is 330 g/mol. The standard InChI is InChI=1S/C14H16ClNO4S/c15-11-1-3-12(4-2-11)21(18,19)14(5-6-14)13(17)16-7-9-20-10-8-16/h1-4H,5-10H2. The molecule has 0 N–H and O–H groups in total. The molecule has 1 aromatic carbocycles. The smallest absolute Gasteiger partial charge is 0.244 e. The van der Waals surface area contributed by atoms with Crippen LogP contribution in [0.5, 0.6) is 0 Å². The number of sulfone groups is 1. The first-order valence-corrected chi connectivity index (χ1v) is 8.71. The zero-order valence-corrected chi connectivity index (χ0v) is 13.0. The molecule has 5 nitrogen and oxygen atoms in total. The van der Waals surface area contributed by atoms with E-state index in [0.717, 1.165) is 0 Å². The molecule has 0 spiro atoms. The normalized spacial score (nSPS) is 21.1. The van der Waals surface area contributed by atoms with E-state index in [9.17, 15) is 13.2 Å². The van der Waals surface area contributed by atoms with Crippen LogP contribution in [-0.2, 0) is 19.4 Å². The van der Waals surface area contributed by atoms with Gasteiger partial charge in [-0.15, -0.1) is 0 Å². The van der Waals surface area contributed by atoms with Crippen molar-refractivity contribution in [2.24, 2.45) is 0 Å². The Kier molecular flexibility index (Phi) is 3.71. The second-order valence-corrected chi connectivity index (χ2v) is 8.05. The van der Waals surface area contributed by atoms with Crippen molar-refractivity contribution in [3.05, 3.63) is 29.3 Å². The summed E-state index contributed by atoms with van der Waals surface area (Å²) in [5.41, 5.74) is 0. The maximum absolute atomic E-state index is 12.8. The molecule has 2 aliphatic rings. The van der Waals surface area contributed by atoms with Gasteiger partial charge in [0.2, 0.25) is 5.91 Å². The molecule has 0 atom stereocenters. The fourth-order valence-corrected chi connectivity index (χ4v) is 4.68. The van der Waals surface area contributed by atoms with Gasteiger partial charge in [-0.05, 0) is 37.1 Å². The Morgan fingerprint density at radius 1 is 1.14 bits per heavy atom. The lowest BCUT2D eigenvalue weighted by Crippen LogP contribution is -2.49. The predicted molar refractivity (Wildman–Crippen MR) is 78.0 cm³/mol. The Hall–Kier alpha value is -1.11. The molecule has 0 unspecified atom stereocenters. The molecule has 0 aromatic heterocycles. The van der Waals surface area contributed by atoms with Gasteiger partial charge in [0.1, 0.15) is 0 Å². The molecule has 21 heavy (non-hydrogen) atoms. The van der Waals surface area contributed by atoms with Crippen LogP contribution >= 0.6 is 11.6 Å². The first-order chi connectivity index (χ1) is 9.97. The zero-order chi connectivity index (χ0) is 15.1. The topological polar surface area (TPSA) is 63.7 Å². The lowest BCUT2D eigenvalue weighted by Gasteiger charge is -2.30. The number of benzene rings is 1. The SMILES string of the molecule is O=C(N1CCOCC1)C1(S(=O)(=O)c2ccc(Cl)cc2)CC1. The van der Waals surface area contributed by atoms with Gasteiger partial charge in [-0.2, -0.15) is 0 Å². The summed E-state index contributed by atoms with van der Waals surface area (Å²) in [4.78, 5) is 14.4. The van der Waals surface area contributed by atoms with E-state index in [1.807, 2.05) is 0 Å². The maximum atomic E-state index is 12.8. The maximum Gasteiger partial charge on any atom is 0.244 e. The minimum atomic E-state index is -3.68. The zero-order valence-electron chi connectivity index (χ0n) is 11.4. The van der Waals surface area contributed by atoms with Crippen LogP contribution < -0.4 is 0 Å². The van der Waals surface area contributed by atoms with E-state index in [1.54, 1.807) is 4.90 Å². The third-order valence-electron chi connectivity index (χ3n) is 4.03.